The molecule has 0 radical (unpaired) electrons. The number of hydrogen-bond donors (Lipinski definition) is 1. The maximum atomic E-state index is 13.2. The molecule has 0 bridgehead atoms. The van der Waals surface area contributed by atoms with Crippen molar-refractivity contribution >= 4 is 11.7 Å². The largest absolute Gasteiger partial charge is 0.381 e. The summed E-state index contributed by atoms with van der Waals surface area (Å²) in [7, 11) is 0. The molecule has 0 unspecified atom stereocenters. The minimum Gasteiger partial charge on any atom is -0.381 e. The van der Waals surface area contributed by atoms with Gasteiger partial charge in [0.2, 0.25) is 0 Å². The number of nitrogens with zero attached hydrogens (tertiary/aromatic N) is 2. The molecule has 0 aliphatic carbocycles. The van der Waals surface area contributed by atoms with Gasteiger partial charge in [0.15, 0.2) is 0 Å². The molecule has 1 saturated heterocycles. The lowest BCUT2D eigenvalue weighted by atomic mass is 10.00. The smallest absolute Gasteiger partial charge is 0.322 e. The molecule has 4 rings (SSSR count). The van der Waals surface area contributed by atoms with Gasteiger partial charge in [-0.3, -0.25) is 4.90 Å². The number of urea groups is 1. The van der Waals surface area contributed by atoms with E-state index in [9.17, 15) is 4.79 Å². The first kappa shape index (κ1) is 20.9. The van der Waals surface area contributed by atoms with Gasteiger partial charge in [0.05, 0.1) is 0 Å². The van der Waals surface area contributed by atoms with Crippen molar-refractivity contribution in [1.82, 2.24) is 9.80 Å². The Morgan fingerprint density at radius 3 is 2.63 bits per heavy atom. The Hall–Kier alpha value is -2.37. The summed E-state index contributed by atoms with van der Waals surface area (Å²) < 4.78 is 5.53. The molecule has 2 heterocycles. The normalized spacial score (nSPS) is 17.4. The number of hydrogen-bond acceptors (Lipinski definition) is 3. The first-order chi connectivity index (χ1) is 14.7. The molecule has 5 heteroatoms. The SMILES string of the molecule is Cc1ccccc1NC(=O)N(CCCN1CCc2ccccc2C1)C1CCOCC1. The van der Waals surface area contributed by atoms with Gasteiger partial charge in [0.25, 0.3) is 0 Å². The Morgan fingerprint density at radius 1 is 1.10 bits per heavy atom. The number of nitrogens with one attached hydrogen (secondary N) is 1. The van der Waals surface area contributed by atoms with E-state index in [1.165, 1.54) is 11.1 Å². The molecule has 160 valence electrons. The van der Waals surface area contributed by atoms with E-state index in [-0.39, 0.29) is 12.1 Å². The molecule has 2 amide bonds. The van der Waals surface area contributed by atoms with Crippen LogP contribution in [0.4, 0.5) is 10.5 Å². The molecule has 5 nitrogen and oxygen atoms in total. The van der Waals surface area contributed by atoms with Crippen LogP contribution >= 0.6 is 0 Å². The number of anilines is 1. The molecule has 1 N–H and O–H groups in total. The van der Waals surface area contributed by atoms with Crippen LogP contribution in [0.25, 0.3) is 0 Å². The third kappa shape index (κ3) is 5.21. The number of carbonyl (C=O) groups is 1. The molecule has 0 aromatic heterocycles. The van der Waals surface area contributed by atoms with Crippen LogP contribution in [0.15, 0.2) is 48.5 Å². The number of ether oxygens (including phenoxy) is 1. The number of fused-ring (bicyclic) bond motifs is 1. The minimum atomic E-state index is 0.0141. The van der Waals surface area contributed by atoms with Crippen LogP contribution in [0.1, 0.15) is 36.0 Å². The molecule has 2 aliphatic heterocycles. The van der Waals surface area contributed by atoms with Gasteiger partial charge in [0, 0.05) is 51.1 Å². The third-order valence-electron chi connectivity index (χ3n) is 6.36. The van der Waals surface area contributed by atoms with Crippen molar-refractivity contribution < 1.29 is 9.53 Å². The molecule has 30 heavy (non-hydrogen) atoms. The van der Waals surface area contributed by atoms with E-state index in [1.807, 2.05) is 36.1 Å². The number of rotatable bonds is 6. The van der Waals surface area contributed by atoms with Crippen molar-refractivity contribution in [2.24, 2.45) is 0 Å². The maximum Gasteiger partial charge on any atom is 0.322 e. The van der Waals surface area contributed by atoms with Gasteiger partial charge in [0.1, 0.15) is 0 Å². The van der Waals surface area contributed by atoms with Crippen LogP contribution in [-0.2, 0) is 17.7 Å². The summed E-state index contributed by atoms with van der Waals surface area (Å²) in [5.41, 5.74) is 4.91. The highest BCUT2D eigenvalue weighted by Crippen LogP contribution is 2.21. The second kappa shape index (κ2) is 10.1. The van der Waals surface area contributed by atoms with Gasteiger partial charge >= 0.3 is 6.03 Å². The predicted octanol–water partition coefficient (Wildman–Crippen LogP) is 4.46. The Balaban J connectivity index is 1.35. The lowest BCUT2D eigenvalue weighted by Crippen LogP contribution is -2.46. The number of amides is 2. The second-order valence-electron chi connectivity index (χ2n) is 8.43. The summed E-state index contributed by atoms with van der Waals surface area (Å²) in [5.74, 6) is 0. The third-order valence-corrected chi connectivity index (χ3v) is 6.36. The Labute approximate surface area is 180 Å². The van der Waals surface area contributed by atoms with E-state index < -0.39 is 0 Å². The van der Waals surface area contributed by atoms with Crippen molar-refractivity contribution in [2.75, 3.05) is 38.2 Å². The fourth-order valence-corrected chi connectivity index (χ4v) is 4.56. The topological polar surface area (TPSA) is 44.8 Å². The van der Waals surface area contributed by atoms with Crippen molar-refractivity contribution in [1.29, 1.82) is 0 Å². The zero-order valence-electron chi connectivity index (χ0n) is 18.0. The number of para-hydroxylation sites is 1. The maximum absolute atomic E-state index is 13.2. The molecular formula is C25H33N3O2. The Morgan fingerprint density at radius 2 is 1.83 bits per heavy atom. The van der Waals surface area contributed by atoms with Crippen LogP contribution in [0, 0.1) is 6.92 Å². The molecule has 1 fully saturated rings. The predicted molar refractivity (Wildman–Crippen MR) is 121 cm³/mol. The average Bonchev–Trinajstić information content (AvgIpc) is 2.78. The first-order valence-electron chi connectivity index (χ1n) is 11.2. The number of aryl methyl sites for hydroxylation is 1. The van der Waals surface area contributed by atoms with E-state index in [4.69, 9.17) is 4.74 Å². The fraction of sp³-hybridized carbons (Fsp3) is 0.480. The monoisotopic (exact) mass is 407 g/mol. The number of carbonyl (C=O) groups excluding carboxylic acids is 1. The number of benzene rings is 2. The summed E-state index contributed by atoms with van der Waals surface area (Å²) in [4.78, 5) is 17.7. The van der Waals surface area contributed by atoms with Crippen molar-refractivity contribution in [2.45, 2.75) is 45.2 Å². The molecule has 2 aliphatic rings. The molecule has 0 spiro atoms. The van der Waals surface area contributed by atoms with Crippen molar-refractivity contribution in [3.8, 4) is 0 Å². The standard InChI is InChI=1S/C25H33N3O2/c1-20-7-2-5-10-24(20)26-25(29)28(23-12-17-30-18-13-23)15-6-14-27-16-11-21-8-3-4-9-22(21)19-27/h2-5,7-10,23H,6,11-19H2,1H3,(H,26,29). The zero-order chi connectivity index (χ0) is 20.8. The van der Waals surface area contributed by atoms with Gasteiger partial charge in [-0.15, -0.1) is 0 Å². The van der Waals surface area contributed by atoms with Crippen LogP contribution < -0.4 is 5.32 Å². The highest BCUT2D eigenvalue weighted by atomic mass is 16.5. The second-order valence-corrected chi connectivity index (χ2v) is 8.43. The fourth-order valence-electron chi connectivity index (χ4n) is 4.56. The Kier molecular flexibility index (Phi) is 7.03. The van der Waals surface area contributed by atoms with Gasteiger partial charge < -0.3 is 15.0 Å². The lowest BCUT2D eigenvalue weighted by Gasteiger charge is -2.35. The van der Waals surface area contributed by atoms with E-state index in [0.717, 1.165) is 76.3 Å². The van der Waals surface area contributed by atoms with E-state index in [1.54, 1.807) is 0 Å². The summed E-state index contributed by atoms with van der Waals surface area (Å²) >= 11 is 0. The van der Waals surface area contributed by atoms with Crippen molar-refractivity contribution in [3.63, 3.8) is 0 Å². The van der Waals surface area contributed by atoms with Crippen LogP contribution in [-0.4, -0.2) is 54.7 Å². The average molecular weight is 408 g/mol. The van der Waals surface area contributed by atoms with Crippen LogP contribution in [0.2, 0.25) is 0 Å². The minimum absolute atomic E-state index is 0.0141. The van der Waals surface area contributed by atoms with Crippen LogP contribution in [0.3, 0.4) is 0 Å². The van der Waals surface area contributed by atoms with Gasteiger partial charge in [-0.2, -0.15) is 0 Å². The first-order valence-corrected chi connectivity index (χ1v) is 11.2. The van der Waals surface area contributed by atoms with Gasteiger partial charge in [-0.05, 0) is 55.4 Å². The van der Waals surface area contributed by atoms with E-state index >= 15 is 0 Å². The molecule has 2 aromatic rings. The Bertz CT molecular complexity index is 848. The quantitative estimate of drug-likeness (QED) is 0.769. The summed E-state index contributed by atoms with van der Waals surface area (Å²) in [5, 5.41) is 3.14. The van der Waals surface area contributed by atoms with Gasteiger partial charge in [-0.1, -0.05) is 42.5 Å². The highest BCUT2D eigenvalue weighted by molar-refractivity contribution is 5.90. The lowest BCUT2D eigenvalue weighted by molar-refractivity contribution is 0.0468. The summed E-state index contributed by atoms with van der Waals surface area (Å²) in [6, 6.07) is 17.0. The van der Waals surface area contributed by atoms with Gasteiger partial charge in [-0.25, -0.2) is 4.79 Å². The summed E-state index contributed by atoms with van der Waals surface area (Å²) in [6.07, 6.45) is 3.94. The van der Waals surface area contributed by atoms with Crippen LogP contribution in [0.5, 0.6) is 0 Å². The molecule has 2 aromatic carbocycles. The molecule has 0 atom stereocenters. The van der Waals surface area contributed by atoms with E-state index in [2.05, 4.69) is 34.5 Å². The molecule has 0 saturated carbocycles. The van der Waals surface area contributed by atoms with E-state index in [0.29, 0.717) is 0 Å². The zero-order valence-corrected chi connectivity index (χ0v) is 18.0. The van der Waals surface area contributed by atoms with Crippen molar-refractivity contribution in [3.05, 3.63) is 65.2 Å². The highest BCUT2D eigenvalue weighted by Gasteiger charge is 2.26. The molecular weight excluding hydrogens is 374 g/mol. The summed E-state index contributed by atoms with van der Waals surface area (Å²) in [6.45, 7) is 7.42.